The number of carboxylic acids is 1. The van der Waals surface area contributed by atoms with Crippen LogP contribution in [0.3, 0.4) is 0 Å². The van der Waals surface area contributed by atoms with Crippen LogP contribution in [0.15, 0.2) is 24.5 Å². The van der Waals surface area contributed by atoms with Crippen molar-refractivity contribution in [3.8, 4) is 0 Å². The molecular formula is C12H14N2O3. The molecule has 1 aromatic heterocycles. The molecule has 1 amide bonds. The molecule has 0 aromatic carbocycles. The maximum atomic E-state index is 12.2. The highest BCUT2D eigenvalue weighted by atomic mass is 16.4. The zero-order valence-corrected chi connectivity index (χ0v) is 9.59. The van der Waals surface area contributed by atoms with E-state index in [1.165, 1.54) is 4.90 Å². The van der Waals surface area contributed by atoms with Gasteiger partial charge in [-0.15, -0.1) is 0 Å². The Morgan fingerprint density at radius 2 is 2.00 bits per heavy atom. The number of carbonyl (C=O) groups excluding carboxylic acids is 1. The number of anilines is 1. The minimum atomic E-state index is -1.18. The normalized spacial score (nSPS) is 16.3. The summed E-state index contributed by atoms with van der Waals surface area (Å²) in [6.45, 7) is 2.29. The number of aromatic nitrogens is 1. The first-order valence-electron chi connectivity index (χ1n) is 5.57. The van der Waals surface area contributed by atoms with Crippen molar-refractivity contribution in [2.24, 2.45) is 5.41 Å². The summed E-state index contributed by atoms with van der Waals surface area (Å²) in [6, 6.07) is 3.42. The van der Waals surface area contributed by atoms with Crippen molar-refractivity contribution in [1.82, 2.24) is 4.98 Å². The molecule has 1 aromatic rings. The van der Waals surface area contributed by atoms with Crippen LogP contribution in [-0.4, -0.2) is 28.5 Å². The zero-order chi connectivity index (χ0) is 12.5. The zero-order valence-electron chi connectivity index (χ0n) is 9.59. The van der Waals surface area contributed by atoms with E-state index in [1.807, 2.05) is 6.92 Å². The molecule has 1 aliphatic carbocycles. The van der Waals surface area contributed by atoms with Crippen molar-refractivity contribution in [2.75, 3.05) is 11.4 Å². The van der Waals surface area contributed by atoms with Crippen LogP contribution in [0.25, 0.3) is 0 Å². The van der Waals surface area contributed by atoms with Crippen LogP contribution in [-0.2, 0) is 9.59 Å². The lowest BCUT2D eigenvalue weighted by Gasteiger charge is -2.24. The Hall–Kier alpha value is -1.91. The number of amides is 1. The summed E-state index contributed by atoms with van der Waals surface area (Å²) in [5, 5.41) is 9.11. The predicted molar refractivity (Wildman–Crippen MR) is 61.6 cm³/mol. The minimum absolute atomic E-state index is 0.321. The Morgan fingerprint density at radius 3 is 2.41 bits per heavy atom. The highest BCUT2D eigenvalue weighted by molar-refractivity contribution is 6.11. The van der Waals surface area contributed by atoms with E-state index in [1.54, 1.807) is 24.5 Å². The second-order valence-electron chi connectivity index (χ2n) is 4.14. The third-order valence-electron chi connectivity index (χ3n) is 3.10. The van der Waals surface area contributed by atoms with Crippen LogP contribution in [0.2, 0.25) is 0 Å². The van der Waals surface area contributed by atoms with Crippen LogP contribution in [0.4, 0.5) is 5.69 Å². The number of carboxylic acid groups (broad SMARTS) is 1. The second kappa shape index (κ2) is 4.16. The van der Waals surface area contributed by atoms with Gasteiger partial charge in [0.2, 0.25) is 5.91 Å². The number of hydrogen-bond donors (Lipinski definition) is 1. The average molecular weight is 234 g/mol. The van der Waals surface area contributed by atoms with Crippen LogP contribution in [0.1, 0.15) is 19.8 Å². The molecule has 0 spiro atoms. The largest absolute Gasteiger partial charge is 0.480 e. The standard InChI is InChI=1S/C12H14N2O3/c1-2-14(9-3-7-13-8-4-9)10(15)12(5-6-12)11(16)17/h3-4,7-8H,2,5-6H2,1H3,(H,16,17). The highest BCUT2D eigenvalue weighted by Gasteiger charge is 2.58. The fourth-order valence-corrected chi connectivity index (χ4v) is 1.87. The molecule has 1 saturated carbocycles. The topological polar surface area (TPSA) is 70.5 Å². The Kier molecular flexibility index (Phi) is 2.83. The van der Waals surface area contributed by atoms with Crippen molar-refractivity contribution in [2.45, 2.75) is 19.8 Å². The number of rotatable bonds is 4. The van der Waals surface area contributed by atoms with Crippen molar-refractivity contribution in [1.29, 1.82) is 0 Å². The van der Waals surface area contributed by atoms with E-state index >= 15 is 0 Å². The van der Waals surface area contributed by atoms with E-state index in [-0.39, 0.29) is 5.91 Å². The van der Waals surface area contributed by atoms with E-state index in [0.29, 0.717) is 25.1 Å². The number of nitrogens with zero attached hydrogens (tertiary/aromatic N) is 2. The fourth-order valence-electron chi connectivity index (χ4n) is 1.87. The molecule has 0 radical (unpaired) electrons. The van der Waals surface area contributed by atoms with Gasteiger partial charge in [0.1, 0.15) is 5.41 Å². The molecule has 1 aliphatic rings. The van der Waals surface area contributed by atoms with Crippen LogP contribution < -0.4 is 4.90 Å². The first kappa shape index (κ1) is 11.6. The van der Waals surface area contributed by atoms with E-state index in [0.717, 1.165) is 0 Å². The fraction of sp³-hybridized carbons (Fsp3) is 0.417. The number of carbonyl (C=O) groups is 2. The lowest BCUT2D eigenvalue weighted by molar-refractivity contribution is -0.148. The van der Waals surface area contributed by atoms with Crippen LogP contribution >= 0.6 is 0 Å². The molecule has 0 bridgehead atoms. The Bertz CT molecular complexity index is 440. The average Bonchev–Trinajstić information content (AvgIpc) is 3.12. The summed E-state index contributed by atoms with van der Waals surface area (Å²) in [5.41, 5.74) is -0.487. The van der Waals surface area contributed by atoms with Crippen molar-refractivity contribution in [3.05, 3.63) is 24.5 Å². The lowest BCUT2D eigenvalue weighted by Crippen LogP contribution is -2.41. The molecule has 17 heavy (non-hydrogen) atoms. The van der Waals surface area contributed by atoms with Gasteiger partial charge < -0.3 is 10.0 Å². The first-order chi connectivity index (χ1) is 8.12. The Balaban J connectivity index is 2.26. The molecule has 1 heterocycles. The smallest absolute Gasteiger partial charge is 0.319 e. The summed E-state index contributed by atoms with van der Waals surface area (Å²) in [4.78, 5) is 28.7. The molecule has 0 atom stereocenters. The Labute approximate surface area is 99.1 Å². The monoisotopic (exact) mass is 234 g/mol. The quantitative estimate of drug-likeness (QED) is 0.797. The van der Waals surface area contributed by atoms with Gasteiger partial charge in [-0.05, 0) is 31.9 Å². The molecule has 0 saturated heterocycles. The molecule has 90 valence electrons. The summed E-state index contributed by atoms with van der Waals surface area (Å²) >= 11 is 0. The van der Waals surface area contributed by atoms with Gasteiger partial charge in [0.25, 0.3) is 0 Å². The third-order valence-corrected chi connectivity index (χ3v) is 3.10. The molecule has 5 heteroatoms. The van der Waals surface area contributed by atoms with Crippen molar-refractivity contribution >= 4 is 17.6 Å². The molecule has 0 unspecified atom stereocenters. The van der Waals surface area contributed by atoms with Gasteiger partial charge in [-0.25, -0.2) is 0 Å². The maximum Gasteiger partial charge on any atom is 0.319 e. The second-order valence-corrected chi connectivity index (χ2v) is 4.14. The summed E-state index contributed by atoms with van der Waals surface area (Å²) < 4.78 is 0. The van der Waals surface area contributed by atoms with Gasteiger partial charge >= 0.3 is 5.97 Å². The number of aliphatic carboxylic acids is 1. The third kappa shape index (κ3) is 1.88. The Morgan fingerprint density at radius 1 is 1.41 bits per heavy atom. The minimum Gasteiger partial charge on any atom is -0.480 e. The highest BCUT2D eigenvalue weighted by Crippen LogP contribution is 2.48. The molecular weight excluding hydrogens is 220 g/mol. The summed E-state index contributed by atoms with van der Waals surface area (Å²) in [7, 11) is 0. The van der Waals surface area contributed by atoms with Crippen LogP contribution in [0, 0.1) is 5.41 Å². The molecule has 1 fully saturated rings. The molecule has 0 aliphatic heterocycles. The van der Waals surface area contributed by atoms with E-state index in [2.05, 4.69) is 4.98 Å². The van der Waals surface area contributed by atoms with E-state index in [9.17, 15) is 9.59 Å². The van der Waals surface area contributed by atoms with Crippen molar-refractivity contribution < 1.29 is 14.7 Å². The SMILES string of the molecule is CCN(C(=O)C1(C(=O)O)CC1)c1ccncc1. The molecule has 2 rings (SSSR count). The van der Waals surface area contributed by atoms with Gasteiger partial charge in [-0.3, -0.25) is 14.6 Å². The van der Waals surface area contributed by atoms with Crippen LogP contribution in [0.5, 0.6) is 0 Å². The van der Waals surface area contributed by atoms with Gasteiger partial charge in [-0.1, -0.05) is 0 Å². The molecule has 1 N–H and O–H groups in total. The predicted octanol–water partition coefficient (Wildman–Crippen LogP) is 1.30. The summed E-state index contributed by atoms with van der Waals surface area (Å²) in [5.74, 6) is -1.34. The first-order valence-corrected chi connectivity index (χ1v) is 5.57. The van der Waals surface area contributed by atoms with E-state index in [4.69, 9.17) is 5.11 Å². The maximum absolute atomic E-state index is 12.2. The molecule has 5 nitrogen and oxygen atoms in total. The van der Waals surface area contributed by atoms with Gasteiger partial charge in [0.05, 0.1) is 0 Å². The van der Waals surface area contributed by atoms with Crippen molar-refractivity contribution in [3.63, 3.8) is 0 Å². The summed E-state index contributed by atoms with van der Waals surface area (Å²) in [6.07, 6.45) is 4.04. The van der Waals surface area contributed by atoms with Gasteiger partial charge in [-0.2, -0.15) is 0 Å². The number of hydrogen-bond acceptors (Lipinski definition) is 3. The number of pyridine rings is 1. The van der Waals surface area contributed by atoms with Gasteiger partial charge in [0.15, 0.2) is 0 Å². The van der Waals surface area contributed by atoms with Gasteiger partial charge in [0, 0.05) is 24.6 Å². The van der Waals surface area contributed by atoms with E-state index < -0.39 is 11.4 Å². The lowest BCUT2D eigenvalue weighted by atomic mass is 10.1.